The molecule has 100 valence electrons. The molecule has 0 aliphatic heterocycles. The Labute approximate surface area is 109 Å². The van der Waals surface area contributed by atoms with Crippen molar-refractivity contribution < 1.29 is 14.6 Å². The van der Waals surface area contributed by atoms with Gasteiger partial charge in [-0.15, -0.1) is 0 Å². The standard InChI is InChI=1S/C15H22O3/c1-9(2)13-7-6-12(8-11(13)5)18-14(10(3)4)15(16)17/h6-10,14H,1-5H3,(H,16,17). The molecule has 0 saturated heterocycles. The summed E-state index contributed by atoms with van der Waals surface area (Å²) in [7, 11) is 0. The third-order valence-electron chi connectivity index (χ3n) is 2.98. The number of hydrogen-bond acceptors (Lipinski definition) is 2. The van der Waals surface area contributed by atoms with E-state index in [4.69, 9.17) is 9.84 Å². The smallest absolute Gasteiger partial charge is 0.345 e. The van der Waals surface area contributed by atoms with Crippen LogP contribution in [0, 0.1) is 12.8 Å². The number of carboxylic acids is 1. The minimum absolute atomic E-state index is 0.0624. The van der Waals surface area contributed by atoms with Crippen molar-refractivity contribution in [2.24, 2.45) is 5.92 Å². The van der Waals surface area contributed by atoms with Crippen molar-refractivity contribution in [2.45, 2.75) is 46.6 Å². The number of rotatable bonds is 5. The topological polar surface area (TPSA) is 46.5 Å². The van der Waals surface area contributed by atoms with Crippen molar-refractivity contribution in [1.29, 1.82) is 0 Å². The van der Waals surface area contributed by atoms with Gasteiger partial charge in [0.15, 0.2) is 6.10 Å². The van der Waals surface area contributed by atoms with Gasteiger partial charge in [-0.05, 0) is 36.1 Å². The SMILES string of the molecule is Cc1cc(OC(C(=O)O)C(C)C)ccc1C(C)C. The molecule has 18 heavy (non-hydrogen) atoms. The summed E-state index contributed by atoms with van der Waals surface area (Å²) in [6.07, 6.45) is -0.797. The first kappa shape index (κ1) is 14.6. The molecule has 0 aliphatic rings. The molecule has 1 unspecified atom stereocenters. The summed E-state index contributed by atoms with van der Waals surface area (Å²) >= 11 is 0. The van der Waals surface area contributed by atoms with E-state index in [1.54, 1.807) is 0 Å². The Bertz CT molecular complexity index is 422. The third-order valence-corrected chi connectivity index (χ3v) is 2.98. The van der Waals surface area contributed by atoms with Crippen LogP contribution >= 0.6 is 0 Å². The molecule has 0 radical (unpaired) electrons. The van der Waals surface area contributed by atoms with Crippen LogP contribution in [0.1, 0.15) is 44.7 Å². The van der Waals surface area contributed by atoms with Crippen LogP contribution in [-0.4, -0.2) is 17.2 Å². The Hall–Kier alpha value is -1.51. The van der Waals surface area contributed by atoms with Crippen molar-refractivity contribution in [3.8, 4) is 5.75 Å². The van der Waals surface area contributed by atoms with Crippen LogP contribution in [0.4, 0.5) is 0 Å². The largest absolute Gasteiger partial charge is 0.478 e. The highest BCUT2D eigenvalue weighted by atomic mass is 16.5. The summed E-state index contributed by atoms with van der Waals surface area (Å²) in [5.74, 6) is 0.0978. The minimum atomic E-state index is -0.921. The van der Waals surface area contributed by atoms with Crippen LogP contribution in [0.2, 0.25) is 0 Å². The highest BCUT2D eigenvalue weighted by molar-refractivity contribution is 5.73. The summed E-state index contributed by atoms with van der Waals surface area (Å²) in [5.41, 5.74) is 2.40. The molecule has 0 fully saturated rings. The fourth-order valence-electron chi connectivity index (χ4n) is 1.99. The van der Waals surface area contributed by atoms with Crippen LogP contribution in [0.25, 0.3) is 0 Å². The molecule has 0 bridgehead atoms. The number of aliphatic carboxylic acids is 1. The Morgan fingerprint density at radius 3 is 2.22 bits per heavy atom. The van der Waals surface area contributed by atoms with E-state index in [0.29, 0.717) is 11.7 Å². The first-order valence-corrected chi connectivity index (χ1v) is 6.33. The van der Waals surface area contributed by atoms with Crippen LogP contribution < -0.4 is 4.74 Å². The maximum Gasteiger partial charge on any atom is 0.345 e. The quantitative estimate of drug-likeness (QED) is 0.868. The molecule has 1 rings (SSSR count). The van der Waals surface area contributed by atoms with E-state index in [-0.39, 0.29) is 5.92 Å². The number of carbonyl (C=O) groups is 1. The zero-order valence-corrected chi connectivity index (χ0v) is 11.7. The van der Waals surface area contributed by atoms with Crippen LogP contribution in [0.15, 0.2) is 18.2 Å². The Morgan fingerprint density at radius 2 is 1.83 bits per heavy atom. The van der Waals surface area contributed by atoms with Gasteiger partial charge < -0.3 is 9.84 Å². The summed E-state index contributed by atoms with van der Waals surface area (Å²) in [5, 5.41) is 9.09. The normalized spacial score (nSPS) is 12.8. The lowest BCUT2D eigenvalue weighted by molar-refractivity contribution is -0.147. The molecule has 0 aliphatic carbocycles. The second kappa shape index (κ2) is 5.89. The van der Waals surface area contributed by atoms with Crippen LogP contribution in [0.3, 0.4) is 0 Å². The van der Waals surface area contributed by atoms with Gasteiger partial charge in [0.2, 0.25) is 0 Å². The molecule has 0 spiro atoms. The summed E-state index contributed by atoms with van der Waals surface area (Å²) in [4.78, 5) is 11.1. The van der Waals surface area contributed by atoms with Gasteiger partial charge in [0.25, 0.3) is 0 Å². The van der Waals surface area contributed by atoms with Gasteiger partial charge in [-0.3, -0.25) is 0 Å². The third kappa shape index (κ3) is 3.49. The van der Waals surface area contributed by atoms with Gasteiger partial charge in [-0.1, -0.05) is 33.8 Å². The highest BCUT2D eigenvalue weighted by Crippen LogP contribution is 2.25. The maximum absolute atomic E-state index is 11.1. The molecule has 0 aromatic heterocycles. The molecule has 1 aromatic rings. The summed E-state index contributed by atoms with van der Waals surface area (Å²) in [6, 6.07) is 5.77. The van der Waals surface area contributed by atoms with Crippen molar-refractivity contribution in [3.05, 3.63) is 29.3 Å². The minimum Gasteiger partial charge on any atom is -0.478 e. The van der Waals surface area contributed by atoms with E-state index in [1.807, 2.05) is 39.0 Å². The first-order valence-electron chi connectivity index (χ1n) is 6.33. The van der Waals surface area contributed by atoms with E-state index in [1.165, 1.54) is 5.56 Å². The zero-order chi connectivity index (χ0) is 13.9. The van der Waals surface area contributed by atoms with Crippen molar-refractivity contribution in [1.82, 2.24) is 0 Å². The van der Waals surface area contributed by atoms with Gasteiger partial charge in [-0.25, -0.2) is 4.79 Å². The molecule has 0 amide bonds. The highest BCUT2D eigenvalue weighted by Gasteiger charge is 2.23. The molecule has 1 N–H and O–H groups in total. The van der Waals surface area contributed by atoms with E-state index >= 15 is 0 Å². The number of hydrogen-bond donors (Lipinski definition) is 1. The molecular formula is C15H22O3. The van der Waals surface area contributed by atoms with Gasteiger partial charge in [0, 0.05) is 5.92 Å². The van der Waals surface area contributed by atoms with E-state index in [9.17, 15) is 4.79 Å². The van der Waals surface area contributed by atoms with E-state index in [0.717, 1.165) is 5.56 Å². The Balaban J connectivity index is 2.92. The molecular weight excluding hydrogens is 228 g/mol. The fraction of sp³-hybridized carbons (Fsp3) is 0.533. The van der Waals surface area contributed by atoms with Crippen LogP contribution in [0.5, 0.6) is 5.75 Å². The monoisotopic (exact) mass is 250 g/mol. The number of ether oxygens (including phenoxy) is 1. The molecule has 0 heterocycles. The van der Waals surface area contributed by atoms with Crippen LogP contribution in [-0.2, 0) is 4.79 Å². The second-order valence-corrected chi connectivity index (χ2v) is 5.29. The van der Waals surface area contributed by atoms with Crippen molar-refractivity contribution >= 4 is 5.97 Å². The molecule has 3 heteroatoms. The van der Waals surface area contributed by atoms with E-state index < -0.39 is 12.1 Å². The predicted octanol–water partition coefficient (Wildman–Crippen LogP) is 3.61. The lowest BCUT2D eigenvalue weighted by Crippen LogP contribution is -2.32. The average Bonchev–Trinajstić information content (AvgIpc) is 2.24. The number of carboxylic acid groups (broad SMARTS) is 1. The first-order chi connectivity index (χ1) is 8.32. The van der Waals surface area contributed by atoms with Crippen molar-refractivity contribution in [2.75, 3.05) is 0 Å². The molecule has 0 saturated carbocycles. The van der Waals surface area contributed by atoms with Gasteiger partial charge in [0.1, 0.15) is 5.75 Å². The van der Waals surface area contributed by atoms with Gasteiger partial charge >= 0.3 is 5.97 Å². The van der Waals surface area contributed by atoms with Gasteiger partial charge in [0.05, 0.1) is 0 Å². The van der Waals surface area contributed by atoms with Gasteiger partial charge in [-0.2, -0.15) is 0 Å². The molecule has 1 atom stereocenters. The number of aryl methyl sites for hydroxylation is 1. The fourth-order valence-corrected chi connectivity index (χ4v) is 1.99. The Kier molecular flexibility index (Phi) is 4.76. The lowest BCUT2D eigenvalue weighted by Gasteiger charge is -2.19. The average molecular weight is 250 g/mol. The summed E-state index contributed by atoms with van der Waals surface area (Å²) < 4.78 is 5.55. The van der Waals surface area contributed by atoms with E-state index in [2.05, 4.69) is 13.8 Å². The zero-order valence-electron chi connectivity index (χ0n) is 11.7. The maximum atomic E-state index is 11.1. The number of benzene rings is 1. The predicted molar refractivity (Wildman–Crippen MR) is 72.2 cm³/mol. The van der Waals surface area contributed by atoms with Crippen molar-refractivity contribution in [3.63, 3.8) is 0 Å². The Morgan fingerprint density at radius 1 is 1.22 bits per heavy atom. The molecule has 3 nitrogen and oxygen atoms in total. The summed E-state index contributed by atoms with van der Waals surface area (Å²) in [6.45, 7) is 9.98. The lowest BCUT2D eigenvalue weighted by atomic mass is 9.98. The second-order valence-electron chi connectivity index (χ2n) is 5.29. The molecule has 1 aromatic carbocycles.